The number of hydrogen-bond donors (Lipinski definition) is 0. The SMILES string of the molecule is c1cnc2sc3c(sc4[n+]3Cc3cnccc3-4)c2c1. The highest BCUT2D eigenvalue weighted by molar-refractivity contribution is 7.32. The highest BCUT2D eigenvalue weighted by Gasteiger charge is 2.33. The Morgan fingerprint density at radius 3 is 3.16 bits per heavy atom. The van der Waals surface area contributed by atoms with Gasteiger partial charge in [-0.15, -0.1) is 0 Å². The molecule has 0 saturated carbocycles. The number of nitrogens with zero attached hydrogens (tertiary/aromatic N) is 3. The van der Waals surface area contributed by atoms with Gasteiger partial charge in [0.2, 0.25) is 0 Å². The molecule has 0 atom stereocenters. The van der Waals surface area contributed by atoms with Crippen LogP contribution < -0.4 is 4.57 Å². The van der Waals surface area contributed by atoms with Crippen LogP contribution in [0, 0.1) is 0 Å². The van der Waals surface area contributed by atoms with Crippen LogP contribution in [0.3, 0.4) is 0 Å². The fourth-order valence-corrected chi connectivity index (χ4v) is 5.35. The summed E-state index contributed by atoms with van der Waals surface area (Å²) in [5.74, 6) is 0. The van der Waals surface area contributed by atoms with Crippen LogP contribution >= 0.6 is 22.7 Å². The van der Waals surface area contributed by atoms with E-state index in [4.69, 9.17) is 0 Å². The summed E-state index contributed by atoms with van der Waals surface area (Å²) in [6.07, 6.45) is 5.72. The minimum absolute atomic E-state index is 0.936. The first kappa shape index (κ1) is 10.00. The highest BCUT2D eigenvalue weighted by Crippen LogP contribution is 2.41. The van der Waals surface area contributed by atoms with Crippen LogP contribution in [-0.2, 0) is 6.54 Å². The van der Waals surface area contributed by atoms with Crippen molar-refractivity contribution in [2.24, 2.45) is 0 Å². The topological polar surface area (TPSA) is 29.7 Å². The summed E-state index contributed by atoms with van der Waals surface area (Å²) in [6, 6.07) is 6.30. The van der Waals surface area contributed by atoms with Crippen LogP contribution in [0.5, 0.6) is 0 Å². The van der Waals surface area contributed by atoms with Gasteiger partial charge in [-0.2, -0.15) is 4.57 Å². The summed E-state index contributed by atoms with van der Waals surface area (Å²) in [6.45, 7) is 0.936. The van der Waals surface area contributed by atoms with Gasteiger partial charge < -0.3 is 0 Å². The van der Waals surface area contributed by atoms with E-state index in [1.54, 1.807) is 11.3 Å². The van der Waals surface area contributed by atoms with Crippen molar-refractivity contribution in [2.45, 2.75) is 6.54 Å². The minimum atomic E-state index is 0.936. The second-order valence-electron chi connectivity index (χ2n) is 4.62. The maximum absolute atomic E-state index is 4.46. The molecule has 4 aromatic rings. The average Bonchev–Trinajstić information content (AvgIpc) is 3.07. The molecular formula is C14H8N3S2+. The van der Waals surface area contributed by atoms with E-state index in [2.05, 4.69) is 26.7 Å². The van der Waals surface area contributed by atoms with Gasteiger partial charge >= 0.3 is 0 Å². The molecule has 1 aliphatic heterocycles. The summed E-state index contributed by atoms with van der Waals surface area (Å²) >= 11 is 3.66. The van der Waals surface area contributed by atoms with E-state index < -0.39 is 0 Å². The van der Waals surface area contributed by atoms with Crippen LogP contribution in [0.25, 0.3) is 30.3 Å². The smallest absolute Gasteiger partial charge is 0.264 e. The first-order valence-electron chi connectivity index (χ1n) is 6.05. The molecule has 5 heteroatoms. The van der Waals surface area contributed by atoms with Crippen molar-refractivity contribution >= 4 is 42.4 Å². The molecule has 0 fully saturated rings. The molecule has 5 heterocycles. The van der Waals surface area contributed by atoms with Gasteiger partial charge in [0.05, 0.1) is 5.56 Å². The number of thiazole rings is 1. The lowest BCUT2D eigenvalue weighted by molar-refractivity contribution is -0.639. The van der Waals surface area contributed by atoms with Crippen molar-refractivity contribution < 1.29 is 4.57 Å². The number of pyridine rings is 2. The molecular weight excluding hydrogens is 274 g/mol. The quantitative estimate of drug-likeness (QED) is 0.408. The van der Waals surface area contributed by atoms with E-state index in [0.717, 1.165) is 11.4 Å². The van der Waals surface area contributed by atoms with E-state index in [9.17, 15) is 0 Å². The molecule has 0 N–H and O–H groups in total. The number of rotatable bonds is 0. The highest BCUT2D eigenvalue weighted by atomic mass is 32.1. The van der Waals surface area contributed by atoms with Crippen molar-refractivity contribution in [2.75, 3.05) is 0 Å². The van der Waals surface area contributed by atoms with E-state index in [0.29, 0.717) is 0 Å². The zero-order chi connectivity index (χ0) is 12.4. The fourth-order valence-electron chi connectivity index (χ4n) is 2.69. The van der Waals surface area contributed by atoms with Crippen LogP contribution in [0.1, 0.15) is 5.56 Å². The molecule has 3 nitrogen and oxygen atoms in total. The minimum Gasteiger partial charge on any atom is -0.264 e. The van der Waals surface area contributed by atoms with Gasteiger partial charge in [0.25, 0.3) is 9.84 Å². The molecule has 0 radical (unpaired) electrons. The van der Waals surface area contributed by atoms with Gasteiger partial charge in [0.15, 0.2) is 6.54 Å². The molecule has 0 bridgehead atoms. The second-order valence-corrected chi connectivity index (χ2v) is 6.60. The Balaban J connectivity index is 1.93. The standard InChI is InChI=1S/C14H8N3S2/c1-2-10-11-14(19-12(10)16-4-1)17-7-8-6-15-5-3-9(8)13(17)18-11/h1-6H,7H2/q+1. The Morgan fingerprint density at radius 2 is 2.16 bits per heavy atom. The van der Waals surface area contributed by atoms with Crippen molar-refractivity contribution in [3.8, 4) is 10.6 Å². The normalized spacial score (nSPS) is 13.1. The van der Waals surface area contributed by atoms with Crippen molar-refractivity contribution in [3.05, 3.63) is 42.4 Å². The van der Waals surface area contributed by atoms with Crippen LogP contribution in [0.2, 0.25) is 0 Å². The molecule has 1 aliphatic rings. The van der Waals surface area contributed by atoms with Crippen molar-refractivity contribution in [1.82, 2.24) is 9.97 Å². The summed E-state index contributed by atoms with van der Waals surface area (Å²) in [5, 5.41) is 2.63. The van der Waals surface area contributed by atoms with E-state index >= 15 is 0 Å². The first-order valence-corrected chi connectivity index (χ1v) is 7.68. The lowest BCUT2D eigenvalue weighted by atomic mass is 10.2. The lowest BCUT2D eigenvalue weighted by Crippen LogP contribution is -2.29. The number of fused-ring (bicyclic) bond motifs is 7. The van der Waals surface area contributed by atoms with Gasteiger partial charge in [0.1, 0.15) is 9.53 Å². The summed E-state index contributed by atoms with van der Waals surface area (Å²) in [7, 11) is 0. The fraction of sp³-hybridized carbons (Fsp3) is 0.0714. The maximum Gasteiger partial charge on any atom is 0.283 e. The van der Waals surface area contributed by atoms with E-state index in [1.165, 1.54) is 31.1 Å². The summed E-state index contributed by atoms with van der Waals surface area (Å²) in [5.41, 5.74) is 2.65. The zero-order valence-electron chi connectivity index (χ0n) is 9.83. The molecule has 0 aromatic carbocycles. The van der Waals surface area contributed by atoms with Gasteiger partial charge in [-0.05, 0) is 29.5 Å². The van der Waals surface area contributed by atoms with Gasteiger partial charge in [-0.3, -0.25) is 4.98 Å². The molecule has 19 heavy (non-hydrogen) atoms. The molecule has 0 aliphatic carbocycles. The third-order valence-corrected chi connectivity index (χ3v) is 6.07. The summed E-state index contributed by atoms with van der Waals surface area (Å²) in [4.78, 5) is 11.2. The number of aromatic nitrogens is 3. The van der Waals surface area contributed by atoms with E-state index in [-0.39, 0.29) is 0 Å². The third-order valence-electron chi connectivity index (χ3n) is 3.55. The van der Waals surface area contributed by atoms with Crippen LogP contribution in [0.15, 0.2) is 36.8 Å². The molecule has 0 amide bonds. The Morgan fingerprint density at radius 1 is 1.16 bits per heavy atom. The summed E-state index contributed by atoms with van der Waals surface area (Å²) < 4.78 is 3.77. The Bertz CT molecular complexity index is 952. The number of hydrogen-bond acceptors (Lipinski definition) is 4. The third kappa shape index (κ3) is 1.19. The lowest BCUT2D eigenvalue weighted by Gasteiger charge is -1.89. The monoisotopic (exact) mass is 282 g/mol. The molecule has 0 unspecified atom stereocenters. The molecule has 5 rings (SSSR count). The molecule has 0 spiro atoms. The Kier molecular flexibility index (Phi) is 1.78. The van der Waals surface area contributed by atoms with Crippen LogP contribution in [0.4, 0.5) is 0 Å². The van der Waals surface area contributed by atoms with Gasteiger partial charge in [-0.1, -0.05) is 11.3 Å². The van der Waals surface area contributed by atoms with Gasteiger partial charge in [0, 0.05) is 29.5 Å². The number of thiophene rings is 1. The Hall–Kier alpha value is -1.85. The Labute approximate surface area is 116 Å². The molecule has 0 saturated heterocycles. The van der Waals surface area contributed by atoms with Crippen LogP contribution in [-0.4, -0.2) is 9.97 Å². The molecule has 90 valence electrons. The molecule has 4 aromatic heterocycles. The van der Waals surface area contributed by atoms with E-state index in [1.807, 2.05) is 36.0 Å². The zero-order valence-corrected chi connectivity index (χ0v) is 11.5. The predicted molar refractivity (Wildman–Crippen MR) is 77.5 cm³/mol. The second kappa shape index (κ2) is 3.37. The maximum atomic E-state index is 4.46. The average molecular weight is 282 g/mol. The van der Waals surface area contributed by atoms with Crippen molar-refractivity contribution in [3.63, 3.8) is 0 Å². The largest absolute Gasteiger partial charge is 0.283 e. The van der Waals surface area contributed by atoms with Gasteiger partial charge in [-0.25, -0.2) is 4.98 Å². The predicted octanol–water partition coefficient (Wildman–Crippen LogP) is 3.22. The first-order chi connectivity index (χ1) is 9.42. The van der Waals surface area contributed by atoms with Crippen molar-refractivity contribution in [1.29, 1.82) is 0 Å².